The normalized spacial score (nSPS) is 12.2. The lowest BCUT2D eigenvalue weighted by Gasteiger charge is -2.05. The van der Waals surface area contributed by atoms with Crippen LogP contribution in [-0.4, -0.2) is 29.6 Å². The van der Waals surface area contributed by atoms with Gasteiger partial charge in [-0.1, -0.05) is 46.0 Å². The van der Waals surface area contributed by atoms with Gasteiger partial charge in [0.1, 0.15) is 6.61 Å². The van der Waals surface area contributed by atoms with Crippen LogP contribution in [0.5, 0.6) is 0 Å². The first-order chi connectivity index (χ1) is 10.4. The molecular formula is C12H27O9P. The summed E-state index contributed by atoms with van der Waals surface area (Å²) in [6.45, 7) is 4.22. The lowest BCUT2D eigenvalue weighted by atomic mass is 10.0. The average molecular weight is 346 g/mol. The van der Waals surface area contributed by atoms with E-state index in [0.717, 1.165) is 25.2 Å². The average Bonchev–Trinajstić information content (AvgIpc) is 2.41. The zero-order chi connectivity index (χ0) is 16.7. The van der Waals surface area contributed by atoms with Crippen molar-refractivity contribution in [2.75, 3.05) is 19.8 Å². The van der Waals surface area contributed by atoms with Crippen LogP contribution in [0.3, 0.4) is 0 Å². The molecule has 0 aromatic carbocycles. The van der Waals surface area contributed by atoms with Gasteiger partial charge in [-0.3, -0.25) is 4.52 Å². The molecule has 10 heteroatoms. The van der Waals surface area contributed by atoms with Crippen LogP contribution in [0.25, 0.3) is 0 Å². The molecule has 0 saturated heterocycles. The van der Waals surface area contributed by atoms with Crippen LogP contribution in [0.4, 0.5) is 0 Å². The van der Waals surface area contributed by atoms with Gasteiger partial charge >= 0.3 is 7.82 Å². The molecule has 0 spiro atoms. The Hall–Kier alpha value is -0.0900. The number of phosphoric ester groups is 1. The Balaban J connectivity index is 3.04. The molecule has 0 aliphatic heterocycles. The van der Waals surface area contributed by atoms with Crippen LogP contribution >= 0.6 is 7.82 Å². The third kappa shape index (κ3) is 19.9. The molecule has 2 N–H and O–H groups in total. The van der Waals surface area contributed by atoms with Gasteiger partial charge in [-0.2, -0.15) is 0 Å². The van der Waals surface area contributed by atoms with Crippen LogP contribution < -0.4 is 0 Å². The molecule has 0 aromatic heterocycles. The van der Waals surface area contributed by atoms with E-state index in [2.05, 4.69) is 43.3 Å². The van der Waals surface area contributed by atoms with Crippen molar-refractivity contribution in [2.24, 2.45) is 5.92 Å². The third-order valence-electron chi connectivity index (χ3n) is 2.59. The molecule has 0 atom stereocenters. The van der Waals surface area contributed by atoms with Gasteiger partial charge in [0.25, 0.3) is 0 Å². The van der Waals surface area contributed by atoms with Crippen molar-refractivity contribution >= 4 is 7.82 Å². The van der Waals surface area contributed by atoms with E-state index in [4.69, 9.17) is 9.79 Å². The predicted octanol–water partition coefficient (Wildman–Crippen LogP) is 2.84. The highest BCUT2D eigenvalue weighted by Crippen LogP contribution is 2.35. The molecule has 0 unspecified atom stereocenters. The van der Waals surface area contributed by atoms with E-state index in [1.54, 1.807) is 0 Å². The van der Waals surface area contributed by atoms with Crippen molar-refractivity contribution in [3.05, 3.63) is 0 Å². The van der Waals surface area contributed by atoms with Crippen molar-refractivity contribution in [1.29, 1.82) is 0 Å². The van der Waals surface area contributed by atoms with Gasteiger partial charge in [-0.05, 0) is 27.5 Å². The number of rotatable bonds is 16. The number of hydrogen-bond acceptors (Lipinski definition) is 7. The predicted molar refractivity (Wildman–Crippen MR) is 75.7 cm³/mol. The highest BCUT2D eigenvalue weighted by atomic mass is 31.2. The van der Waals surface area contributed by atoms with E-state index >= 15 is 0 Å². The second-order valence-electron chi connectivity index (χ2n) is 5.12. The fourth-order valence-corrected chi connectivity index (χ4v) is 1.87. The van der Waals surface area contributed by atoms with E-state index in [9.17, 15) is 4.57 Å². The largest absolute Gasteiger partial charge is 0.469 e. The van der Waals surface area contributed by atoms with Crippen LogP contribution in [0.1, 0.15) is 52.4 Å². The molecule has 9 nitrogen and oxygen atoms in total. The standard InChI is InChI=1S/C12H27O9P/c1-12(2)8-6-4-3-5-7-9-16-19-21-20-17-10-11-18-22(13,14)15/h12H,3-11H2,1-2H3,(H2,13,14,15). The van der Waals surface area contributed by atoms with Crippen LogP contribution in [0.2, 0.25) is 0 Å². The Labute approximate surface area is 130 Å². The second-order valence-corrected chi connectivity index (χ2v) is 6.36. The van der Waals surface area contributed by atoms with Gasteiger partial charge < -0.3 is 9.79 Å². The summed E-state index contributed by atoms with van der Waals surface area (Å²) in [5.41, 5.74) is 0. The Morgan fingerprint density at radius 3 is 2.05 bits per heavy atom. The summed E-state index contributed by atoms with van der Waals surface area (Å²) in [7, 11) is -4.49. The van der Waals surface area contributed by atoms with E-state index in [1.165, 1.54) is 19.3 Å². The summed E-state index contributed by atoms with van der Waals surface area (Å²) in [6.07, 6.45) is 6.82. The van der Waals surface area contributed by atoms with Crippen molar-refractivity contribution in [3.63, 3.8) is 0 Å². The highest BCUT2D eigenvalue weighted by Gasteiger charge is 2.12. The van der Waals surface area contributed by atoms with E-state index < -0.39 is 7.82 Å². The minimum absolute atomic E-state index is 0.245. The molecule has 0 heterocycles. The van der Waals surface area contributed by atoms with Gasteiger partial charge in [-0.25, -0.2) is 14.3 Å². The third-order valence-corrected chi connectivity index (χ3v) is 3.11. The van der Waals surface area contributed by atoms with Crippen LogP contribution in [0, 0.1) is 5.92 Å². The maximum Gasteiger partial charge on any atom is 0.469 e. The van der Waals surface area contributed by atoms with Gasteiger partial charge in [0.15, 0.2) is 0 Å². The lowest BCUT2D eigenvalue weighted by Crippen LogP contribution is -2.05. The minimum Gasteiger partial charge on any atom is -0.303 e. The highest BCUT2D eigenvalue weighted by molar-refractivity contribution is 7.46. The van der Waals surface area contributed by atoms with Gasteiger partial charge in [-0.15, -0.1) is 0 Å². The summed E-state index contributed by atoms with van der Waals surface area (Å²) in [5.74, 6) is 0.763. The van der Waals surface area contributed by atoms with Crippen molar-refractivity contribution in [2.45, 2.75) is 52.4 Å². The molecule has 22 heavy (non-hydrogen) atoms. The maximum absolute atomic E-state index is 10.3. The fourth-order valence-electron chi connectivity index (χ4n) is 1.55. The Morgan fingerprint density at radius 1 is 0.818 bits per heavy atom. The molecule has 134 valence electrons. The molecule has 0 rings (SSSR count). The smallest absolute Gasteiger partial charge is 0.303 e. The molecule has 0 fully saturated rings. The first-order valence-corrected chi connectivity index (χ1v) is 8.89. The Bertz CT molecular complexity index is 282. The molecule has 0 aliphatic rings. The molecule has 0 amide bonds. The lowest BCUT2D eigenvalue weighted by molar-refractivity contribution is -0.708. The van der Waals surface area contributed by atoms with Gasteiger partial charge in [0, 0.05) is 0 Å². The molecule has 0 aromatic rings. The van der Waals surface area contributed by atoms with E-state index in [0.29, 0.717) is 6.61 Å². The Morgan fingerprint density at radius 2 is 1.41 bits per heavy atom. The molecule has 0 radical (unpaired) electrons. The molecule has 0 aliphatic carbocycles. The first kappa shape index (κ1) is 21.9. The summed E-state index contributed by atoms with van der Waals surface area (Å²) in [6, 6.07) is 0. The van der Waals surface area contributed by atoms with Crippen LogP contribution in [-0.2, 0) is 34.0 Å². The molecule has 0 bridgehead atoms. The van der Waals surface area contributed by atoms with Crippen molar-refractivity contribution in [3.8, 4) is 0 Å². The van der Waals surface area contributed by atoms with Gasteiger partial charge in [0.2, 0.25) is 0 Å². The fraction of sp³-hybridized carbons (Fsp3) is 1.00. The molecular weight excluding hydrogens is 319 g/mol. The number of unbranched alkanes of at least 4 members (excludes halogenated alkanes) is 4. The SMILES string of the molecule is CC(C)CCCCCCCOOOOOCCOP(=O)(O)O. The number of phosphoric acid groups is 1. The topological polar surface area (TPSA) is 113 Å². The van der Waals surface area contributed by atoms with E-state index in [1.807, 2.05) is 0 Å². The monoisotopic (exact) mass is 346 g/mol. The number of hydrogen-bond donors (Lipinski definition) is 2. The van der Waals surface area contributed by atoms with E-state index in [-0.39, 0.29) is 13.2 Å². The summed E-state index contributed by atoms with van der Waals surface area (Å²) in [4.78, 5) is 25.7. The zero-order valence-electron chi connectivity index (χ0n) is 13.1. The van der Waals surface area contributed by atoms with Gasteiger partial charge in [0.05, 0.1) is 13.2 Å². The minimum atomic E-state index is -4.49. The van der Waals surface area contributed by atoms with Crippen molar-refractivity contribution in [1.82, 2.24) is 0 Å². The zero-order valence-corrected chi connectivity index (χ0v) is 14.0. The van der Waals surface area contributed by atoms with Crippen molar-refractivity contribution < 1.29 is 43.8 Å². The second kappa shape index (κ2) is 14.5. The summed E-state index contributed by atoms with van der Waals surface area (Å²) in [5, 5.41) is 12.3. The quantitative estimate of drug-likeness (QED) is 0.188. The molecule has 0 saturated carbocycles. The summed E-state index contributed by atoms with van der Waals surface area (Å²) < 4.78 is 14.4. The maximum atomic E-state index is 10.3. The first-order valence-electron chi connectivity index (χ1n) is 7.36. The van der Waals surface area contributed by atoms with Crippen LogP contribution in [0.15, 0.2) is 0 Å². The Kier molecular flexibility index (Phi) is 14.4. The summed E-state index contributed by atoms with van der Waals surface area (Å²) >= 11 is 0.